The lowest BCUT2D eigenvalue weighted by Gasteiger charge is -2.42. The molecule has 1 aliphatic heterocycles. The van der Waals surface area contributed by atoms with E-state index in [0.717, 1.165) is 45.1 Å². The second-order valence-corrected chi connectivity index (χ2v) is 7.75. The Kier molecular flexibility index (Phi) is 6.00. The van der Waals surface area contributed by atoms with Crippen molar-refractivity contribution in [2.24, 2.45) is 10.4 Å². The Labute approximate surface area is 152 Å². The molecular formula is C21H33N3O. The minimum absolute atomic E-state index is 0.135. The Morgan fingerprint density at radius 3 is 2.28 bits per heavy atom. The molecule has 0 spiro atoms. The maximum absolute atomic E-state index is 5.63. The predicted octanol–water partition coefficient (Wildman–Crippen LogP) is 3.48. The topological polar surface area (TPSA) is 45.7 Å². The minimum Gasteiger partial charge on any atom is -0.381 e. The zero-order chi connectivity index (χ0) is 17.6. The number of nitrogens with one attached hydrogen (secondary N) is 2. The van der Waals surface area contributed by atoms with Gasteiger partial charge < -0.3 is 15.4 Å². The first kappa shape index (κ1) is 18.2. The molecule has 1 aromatic carbocycles. The highest BCUT2D eigenvalue weighted by molar-refractivity contribution is 5.79. The molecule has 138 valence electrons. The van der Waals surface area contributed by atoms with Crippen molar-refractivity contribution in [2.75, 3.05) is 33.4 Å². The first-order valence-corrected chi connectivity index (χ1v) is 9.80. The van der Waals surface area contributed by atoms with Crippen molar-refractivity contribution in [1.82, 2.24) is 10.6 Å². The van der Waals surface area contributed by atoms with E-state index in [2.05, 4.69) is 52.9 Å². The van der Waals surface area contributed by atoms with Crippen LogP contribution in [-0.2, 0) is 10.2 Å². The Morgan fingerprint density at radius 1 is 1.04 bits per heavy atom. The van der Waals surface area contributed by atoms with E-state index in [0.29, 0.717) is 5.41 Å². The number of guanidine groups is 1. The average Bonchev–Trinajstić information content (AvgIpc) is 2.65. The number of hydrogen-bond donors (Lipinski definition) is 2. The first-order chi connectivity index (χ1) is 12.2. The van der Waals surface area contributed by atoms with Crippen LogP contribution in [0.2, 0.25) is 0 Å². The van der Waals surface area contributed by atoms with E-state index in [1.165, 1.54) is 31.2 Å². The second-order valence-electron chi connectivity index (χ2n) is 7.75. The monoisotopic (exact) mass is 343 g/mol. The third kappa shape index (κ3) is 4.17. The molecule has 0 unspecified atom stereocenters. The summed E-state index contributed by atoms with van der Waals surface area (Å²) in [5, 5.41) is 7.19. The van der Waals surface area contributed by atoms with Gasteiger partial charge in [-0.1, -0.05) is 43.7 Å². The van der Waals surface area contributed by atoms with E-state index in [1.807, 2.05) is 7.05 Å². The fourth-order valence-corrected chi connectivity index (χ4v) is 4.20. The second kappa shape index (κ2) is 8.22. The Balaban J connectivity index is 1.62. The van der Waals surface area contributed by atoms with Crippen molar-refractivity contribution in [3.8, 4) is 0 Å². The van der Waals surface area contributed by atoms with Gasteiger partial charge in [-0.25, -0.2) is 0 Å². The molecule has 1 saturated carbocycles. The summed E-state index contributed by atoms with van der Waals surface area (Å²) in [4.78, 5) is 4.46. The minimum atomic E-state index is 0.135. The zero-order valence-electron chi connectivity index (χ0n) is 15.8. The average molecular weight is 344 g/mol. The van der Waals surface area contributed by atoms with Gasteiger partial charge in [0.1, 0.15) is 0 Å². The van der Waals surface area contributed by atoms with Crippen molar-refractivity contribution in [3.63, 3.8) is 0 Å². The molecule has 2 aliphatic rings. The zero-order valence-corrected chi connectivity index (χ0v) is 15.8. The summed E-state index contributed by atoms with van der Waals surface area (Å²) in [6, 6.07) is 10.9. The largest absolute Gasteiger partial charge is 0.381 e. The van der Waals surface area contributed by atoms with Crippen LogP contribution in [-0.4, -0.2) is 39.3 Å². The fraction of sp³-hybridized carbons (Fsp3) is 0.667. The maximum atomic E-state index is 5.63. The smallest absolute Gasteiger partial charge is 0.191 e. The number of ether oxygens (including phenoxy) is 1. The van der Waals surface area contributed by atoms with Crippen molar-refractivity contribution in [1.29, 1.82) is 0 Å². The highest BCUT2D eigenvalue weighted by Gasteiger charge is 2.36. The molecule has 1 aliphatic carbocycles. The molecule has 3 rings (SSSR count). The van der Waals surface area contributed by atoms with E-state index in [4.69, 9.17) is 4.74 Å². The molecule has 1 heterocycles. The third-order valence-electron chi connectivity index (χ3n) is 6.45. The van der Waals surface area contributed by atoms with E-state index in [1.54, 1.807) is 0 Å². The standard InChI is InChI=1S/C21H33N3O/c1-3-20(10-7-11-20)16-23-19(22-2)24-17-21(12-14-25-15-13-21)18-8-5-4-6-9-18/h4-6,8-9H,3,7,10-17H2,1-2H3,(H2,22,23,24). The van der Waals surface area contributed by atoms with Crippen LogP contribution < -0.4 is 10.6 Å². The fourth-order valence-electron chi connectivity index (χ4n) is 4.20. The van der Waals surface area contributed by atoms with Gasteiger partial charge in [-0.3, -0.25) is 4.99 Å². The molecule has 2 fully saturated rings. The molecule has 0 bridgehead atoms. The van der Waals surface area contributed by atoms with Crippen molar-refractivity contribution < 1.29 is 4.74 Å². The quantitative estimate of drug-likeness (QED) is 0.614. The number of nitrogens with zero attached hydrogens (tertiary/aromatic N) is 1. The van der Waals surface area contributed by atoms with Gasteiger partial charge in [0.05, 0.1) is 0 Å². The molecule has 0 atom stereocenters. The van der Waals surface area contributed by atoms with Gasteiger partial charge in [-0.05, 0) is 43.1 Å². The number of rotatable bonds is 6. The molecule has 4 nitrogen and oxygen atoms in total. The van der Waals surface area contributed by atoms with Gasteiger partial charge in [-0.15, -0.1) is 0 Å². The Morgan fingerprint density at radius 2 is 1.72 bits per heavy atom. The summed E-state index contributed by atoms with van der Waals surface area (Å²) in [6.07, 6.45) is 7.43. The van der Waals surface area contributed by atoms with Gasteiger partial charge in [0.15, 0.2) is 5.96 Å². The molecule has 25 heavy (non-hydrogen) atoms. The van der Waals surface area contributed by atoms with Crippen LogP contribution in [0.15, 0.2) is 35.3 Å². The van der Waals surface area contributed by atoms with Gasteiger partial charge in [-0.2, -0.15) is 0 Å². The lowest BCUT2D eigenvalue weighted by Crippen LogP contribution is -2.50. The summed E-state index contributed by atoms with van der Waals surface area (Å²) in [5.74, 6) is 0.932. The molecule has 0 radical (unpaired) electrons. The molecular weight excluding hydrogens is 310 g/mol. The molecule has 4 heteroatoms. The van der Waals surface area contributed by atoms with Gasteiger partial charge in [0, 0.05) is 38.8 Å². The number of hydrogen-bond acceptors (Lipinski definition) is 2. The van der Waals surface area contributed by atoms with Crippen molar-refractivity contribution >= 4 is 5.96 Å². The summed E-state index contributed by atoms with van der Waals surface area (Å²) in [7, 11) is 1.87. The van der Waals surface area contributed by atoms with Crippen molar-refractivity contribution in [2.45, 2.75) is 50.9 Å². The first-order valence-electron chi connectivity index (χ1n) is 9.80. The van der Waals surface area contributed by atoms with Gasteiger partial charge in [0.2, 0.25) is 0 Å². The molecule has 1 saturated heterocycles. The number of benzene rings is 1. The van der Waals surface area contributed by atoms with Crippen LogP contribution in [0.1, 0.15) is 51.0 Å². The molecule has 0 amide bonds. The number of aliphatic imine (C=N–C) groups is 1. The van der Waals surface area contributed by atoms with E-state index >= 15 is 0 Å². The highest BCUT2D eigenvalue weighted by Crippen LogP contribution is 2.43. The molecule has 1 aromatic rings. The molecule has 2 N–H and O–H groups in total. The Hall–Kier alpha value is -1.55. The highest BCUT2D eigenvalue weighted by atomic mass is 16.5. The summed E-state index contributed by atoms with van der Waals surface area (Å²) >= 11 is 0. The van der Waals surface area contributed by atoms with E-state index in [-0.39, 0.29) is 5.41 Å². The van der Waals surface area contributed by atoms with Crippen molar-refractivity contribution in [3.05, 3.63) is 35.9 Å². The maximum Gasteiger partial charge on any atom is 0.191 e. The lowest BCUT2D eigenvalue weighted by atomic mass is 9.67. The van der Waals surface area contributed by atoms with Crippen LogP contribution in [0.25, 0.3) is 0 Å². The summed E-state index contributed by atoms with van der Waals surface area (Å²) < 4.78 is 5.63. The van der Waals surface area contributed by atoms with Gasteiger partial charge in [0.25, 0.3) is 0 Å². The normalized spacial score (nSPS) is 22.1. The Bertz CT molecular complexity index is 554. The van der Waals surface area contributed by atoms with E-state index < -0.39 is 0 Å². The predicted molar refractivity (Wildman–Crippen MR) is 104 cm³/mol. The van der Waals surface area contributed by atoms with Crippen LogP contribution >= 0.6 is 0 Å². The summed E-state index contributed by atoms with van der Waals surface area (Å²) in [5.41, 5.74) is 2.04. The van der Waals surface area contributed by atoms with Crippen LogP contribution in [0.5, 0.6) is 0 Å². The van der Waals surface area contributed by atoms with Crippen LogP contribution in [0.3, 0.4) is 0 Å². The van der Waals surface area contributed by atoms with Crippen LogP contribution in [0, 0.1) is 5.41 Å². The lowest BCUT2D eigenvalue weighted by molar-refractivity contribution is 0.0513. The third-order valence-corrected chi connectivity index (χ3v) is 6.45. The summed E-state index contributed by atoms with van der Waals surface area (Å²) in [6.45, 7) is 5.91. The van der Waals surface area contributed by atoms with Crippen LogP contribution in [0.4, 0.5) is 0 Å². The SMILES string of the molecule is CCC1(CNC(=NC)NCC2(c3ccccc3)CCOCC2)CCC1. The van der Waals surface area contributed by atoms with E-state index in [9.17, 15) is 0 Å². The van der Waals surface area contributed by atoms with Gasteiger partial charge >= 0.3 is 0 Å². The molecule has 0 aromatic heterocycles.